The predicted molar refractivity (Wildman–Crippen MR) is 73.1 cm³/mol. The van der Waals surface area contributed by atoms with Gasteiger partial charge in [-0.2, -0.15) is 0 Å². The molecule has 0 amide bonds. The van der Waals surface area contributed by atoms with Crippen LogP contribution in [-0.4, -0.2) is 25.8 Å². The average Bonchev–Trinajstić information content (AvgIpc) is 2.30. The Labute approximate surface area is 111 Å². The van der Waals surface area contributed by atoms with Gasteiger partial charge in [0.1, 0.15) is 6.61 Å². The lowest BCUT2D eigenvalue weighted by atomic mass is 10.1. The molecule has 0 aromatic carbocycles. The Morgan fingerprint density at radius 2 is 1.72 bits per heavy atom. The number of allylic oxidation sites excluding steroid dienone is 1. The van der Waals surface area contributed by atoms with E-state index in [2.05, 4.69) is 6.92 Å². The van der Waals surface area contributed by atoms with Gasteiger partial charge in [-0.15, -0.1) is 0 Å². The van der Waals surface area contributed by atoms with Crippen LogP contribution in [0.3, 0.4) is 0 Å². The summed E-state index contributed by atoms with van der Waals surface area (Å²) in [4.78, 5) is 11.1. The Hall–Kier alpha value is -1.03. The molecule has 0 aromatic heterocycles. The van der Waals surface area contributed by atoms with E-state index < -0.39 is 5.97 Å². The second-order valence-corrected chi connectivity index (χ2v) is 4.44. The fourth-order valence-electron chi connectivity index (χ4n) is 1.52. The highest BCUT2D eigenvalue weighted by Crippen LogP contribution is 2.04. The number of hydrogen-bond acceptors (Lipinski definition) is 4. The number of unbranched alkanes of at least 4 members (excludes halogenated alkanes) is 5. The van der Waals surface area contributed by atoms with Crippen molar-refractivity contribution in [3.8, 4) is 0 Å². The molecule has 0 rings (SSSR count). The molecule has 0 saturated carbocycles. The molecule has 0 saturated heterocycles. The van der Waals surface area contributed by atoms with Crippen LogP contribution in [0, 0.1) is 0 Å². The Bertz CT molecular complexity index is 235. The molecule has 0 aliphatic rings. The third kappa shape index (κ3) is 13.0. The third-order valence-electron chi connectivity index (χ3n) is 2.46. The Morgan fingerprint density at radius 1 is 1.06 bits per heavy atom. The molecule has 0 heterocycles. The number of ether oxygens (including phenoxy) is 2. The highest BCUT2D eigenvalue weighted by Gasteiger charge is 1.97. The molecule has 4 heteroatoms. The smallest absolute Gasteiger partial charge is 0.332 e. The van der Waals surface area contributed by atoms with Gasteiger partial charge in [-0.3, -0.25) is 0 Å². The zero-order valence-corrected chi connectivity index (χ0v) is 11.7. The summed E-state index contributed by atoms with van der Waals surface area (Å²) >= 11 is 0. The maximum atomic E-state index is 11.1. The van der Waals surface area contributed by atoms with Crippen molar-refractivity contribution in [2.45, 2.75) is 52.4 Å². The average molecular weight is 257 g/mol. The fraction of sp³-hybridized carbons (Fsp3) is 0.786. The highest BCUT2D eigenvalue weighted by molar-refractivity contribution is 5.82. The third-order valence-corrected chi connectivity index (χ3v) is 2.46. The van der Waals surface area contributed by atoms with Crippen molar-refractivity contribution in [2.24, 2.45) is 5.73 Å². The summed E-state index contributed by atoms with van der Waals surface area (Å²) in [5.74, 6) is -0.404. The predicted octanol–water partition coefficient (Wildman–Crippen LogP) is 2.77. The molecule has 4 nitrogen and oxygen atoms in total. The number of carbonyl (C=O) groups is 1. The van der Waals surface area contributed by atoms with Crippen molar-refractivity contribution >= 4 is 5.97 Å². The molecule has 0 bridgehead atoms. The summed E-state index contributed by atoms with van der Waals surface area (Å²) in [5.41, 5.74) is 5.79. The van der Waals surface area contributed by atoms with Gasteiger partial charge >= 0.3 is 5.97 Å². The largest absolute Gasteiger partial charge is 0.460 e. The summed E-state index contributed by atoms with van der Waals surface area (Å²) in [6, 6.07) is 0. The van der Waals surface area contributed by atoms with Crippen LogP contribution in [0.2, 0.25) is 0 Å². The van der Waals surface area contributed by atoms with E-state index in [9.17, 15) is 4.79 Å². The zero-order chi connectivity index (χ0) is 13.6. The minimum atomic E-state index is -0.404. The van der Waals surface area contributed by atoms with Gasteiger partial charge in [-0.1, -0.05) is 39.0 Å². The van der Waals surface area contributed by atoms with Gasteiger partial charge in [0.25, 0.3) is 0 Å². The first-order valence-corrected chi connectivity index (χ1v) is 6.85. The number of carbonyl (C=O) groups excluding carboxylic acids is 1. The minimum absolute atomic E-state index is 0.290. The van der Waals surface area contributed by atoms with Crippen LogP contribution < -0.4 is 5.73 Å². The summed E-state index contributed by atoms with van der Waals surface area (Å²) < 4.78 is 10.3. The van der Waals surface area contributed by atoms with Crippen molar-refractivity contribution in [3.05, 3.63) is 11.8 Å². The molecule has 0 radical (unpaired) electrons. The number of rotatable bonds is 11. The van der Waals surface area contributed by atoms with Gasteiger partial charge in [-0.25, -0.2) is 4.79 Å². The normalized spacial score (nSPS) is 11.6. The van der Waals surface area contributed by atoms with Crippen LogP contribution in [0.25, 0.3) is 0 Å². The summed E-state index contributed by atoms with van der Waals surface area (Å²) in [7, 11) is 0. The van der Waals surface area contributed by atoms with Crippen molar-refractivity contribution in [1.82, 2.24) is 0 Å². The van der Waals surface area contributed by atoms with Gasteiger partial charge in [0, 0.05) is 18.4 Å². The monoisotopic (exact) mass is 257 g/mol. The van der Waals surface area contributed by atoms with Crippen molar-refractivity contribution in [3.63, 3.8) is 0 Å². The topological polar surface area (TPSA) is 61.5 Å². The number of esters is 1. The highest BCUT2D eigenvalue weighted by atomic mass is 16.6. The van der Waals surface area contributed by atoms with Crippen LogP contribution in [0.15, 0.2) is 11.8 Å². The van der Waals surface area contributed by atoms with Crippen molar-refractivity contribution < 1.29 is 14.3 Å². The Kier molecular flexibility index (Phi) is 11.7. The van der Waals surface area contributed by atoms with Crippen LogP contribution >= 0.6 is 0 Å². The molecule has 0 spiro atoms. The molecular weight excluding hydrogens is 230 g/mol. The standard InChI is InChI=1S/C14H27NO3/c1-3-4-5-6-7-8-9-17-10-11-18-14(16)12-13(2)15/h12H,3-11,15H2,1-2H3/b13-12-. The van der Waals surface area contributed by atoms with E-state index in [0.717, 1.165) is 13.0 Å². The van der Waals surface area contributed by atoms with Crippen molar-refractivity contribution in [1.29, 1.82) is 0 Å². The first-order chi connectivity index (χ1) is 8.66. The lowest BCUT2D eigenvalue weighted by Crippen LogP contribution is -2.10. The molecule has 0 aromatic rings. The Balaban J connectivity index is 3.16. The van der Waals surface area contributed by atoms with Gasteiger partial charge < -0.3 is 15.2 Å². The van der Waals surface area contributed by atoms with Gasteiger partial charge in [-0.05, 0) is 13.3 Å². The zero-order valence-electron chi connectivity index (χ0n) is 11.7. The molecule has 0 unspecified atom stereocenters. The van der Waals surface area contributed by atoms with E-state index in [1.54, 1.807) is 6.92 Å². The molecule has 2 N–H and O–H groups in total. The molecule has 18 heavy (non-hydrogen) atoms. The van der Waals surface area contributed by atoms with E-state index >= 15 is 0 Å². The first kappa shape index (κ1) is 17.0. The summed E-state index contributed by atoms with van der Waals surface area (Å²) in [5, 5.41) is 0. The fourth-order valence-corrected chi connectivity index (χ4v) is 1.52. The molecule has 0 aliphatic heterocycles. The van der Waals surface area contributed by atoms with E-state index in [0.29, 0.717) is 18.9 Å². The molecule has 106 valence electrons. The van der Waals surface area contributed by atoms with E-state index in [-0.39, 0.29) is 0 Å². The summed E-state index contributed by atoms with van der Waals surface area (Å²) in [6.45, 7) is 5.36. The SMILES string of the molecule is CCCCCCCCOCCOC(=O)/C=C(/C)N. The minimum Gasteiger partial charge on any atom is -0.460 e. The number of nitrogens with two attached hydrogens (primary N) is 1. The summed E-state index contributed by atoms with van der Waals surface area (Å²) in [6.07, 6.45) is 8.78. The van der Waals surface area contributed by atoms with Crippen LogP contribution in [0.1, 0.15) is 52.4 Å². The van der Waals surface area contributed by atoms with Gasteiger partial charge in [0.15, 0.2) is 0 Å². The van der Waals surface area contributed by atoms with Crippen LogP contribution in [0.4, 0.5) is 0 Å². The molecule has 0 fully saturated rings. The lowest BCUT2D eigenvalue weighted by molar-refractivity contribution is -0.139. The lowest BCUT2D eigenvalue weighted by Gasteiger charge is -2.05. The van der Waals surface area contributed by atoms with Crippen LogP contribution in [0.5, 0.6) is 0 Å². The molecule has 0 aliphatic carbocycles. The van der Waals surface area contributed by atoms with Gasteiger partial charge in [0.2, 0.25) is 0 Å². The van der Waals surface area contributed by atoms with Crippen LogP contribution in [-0.2, 0) is 14.3 Å². The van der Waals surface area contributed by atoms with Crippen molar-refractivity contribution in [2.75, 3.05) is 19.8 Å². The Morgan fingerprint density at radius 3 is 2.39 bits per heavy atom. The second-order valence-electron chi connectivity index (χ2n) is 4.44. The van der Waals surface area contributed by atoms with Gasteiger partial charge in [0.05, 0.1) is 6.61 Å². The van der Waals surface area contributed by atoms with E-state index in [1.807, 2.05) is 0 Å². The quantitative estimate of drug-likeness (QED) is 0.351. The van der Waals surface area contributed by atoms with E-state index in [1.165, 1.54) is 38.2 Å². The first-order valence-electron chi connectivity index (χ1n) is 6.85. The molecular formula is C14H27NO3. The van der Waals surface area contributed by atoms with E-state index in [4.69, 9.17) is 15.2 Å². The maximum Gasteiger partial charge on any atom is 0.332 e. The second kappa shape index (κ2) is 12.4. The maximum absolute atomic E-state index is 11.1. The number of hydrogen-bond donors (Lipinski definition) is 1. The molecule has 0 atom stereocenters.